The summed E-state index contributed by atoms with van der Waals surface area (Å²) < 4.78 is 54.2. The highest BCUT2D eigenvalue weighted by molar-refractivity contribution is 6.02. The third-order valence-corrected chi connectivity index (χ3v) is 6.16. The normalized spacial score (nSPS) is 17.7. The van der Waals surface area contributed by atoms with Gasteiger partial charge < -0.3 is 24.6 Å². The smallest absolute Gasteiger partial charge is 0.342 e. The minimum absolute atomic E-state index is 0.0102. The van der Waals surface area contributed by atoms with Crippen LogP contribution in [0.5, 0.6) is 5.75 Å². The largest absolute Gasteiger partial charge is 0.492 e. The third kappa shape index (κ3) is 4.69. The minimum Gasteiger partial charge on any atom is -0.492 e. The van der Waals surface area contributed by atoms with Crippen LogP contribution in [0.15, 0.2) is 18.3 Å². The number of hydrogen-bond donors (Lipinski definition) is 1. The molecule has 9 nitrogen and oxygen atoms in total. The molecule has 2 aliphatic rings. The van der Waals surface area contributed by atoms with Gasteiger partial charge in [-0.15, -0.1) is 0 Å². The van der Waals surface area contributed by atoms with Crippen LogP contribution in [0.1, 0.15) is 43.0 Å². The standard InChI is InChI=1S/C23H26F3N5O4/c1-4-35-18-9-14(20(32)34-3)15(24)10-16(18)28-22-27-11-17-19(29-22)31(13-7-5-6-8-13)12-23(25,26)21(33)30(17)2/h9-11,13H,4-8,12H2,1-3H3,(H,27,28,29). The molecule has 0 unspecified atom stereocenters. The fourth-order valence-corrected chi connectivity index (χ4v) is 4.42. The molecule has 12 heteroatoms. The van der Waals surface area contributed by atoms with Crippen LogP contribution in [0, 0.1) is 5.82 Å². The Morgan fingerprint density at radius 1 is 1.29 bits per heavy atom. The van der Waals surface area contributed by atoms with Crippen LogP contribution >= 0.6 is 0 Å². The quantitative estimate of drug-likeness (QED) is 0.606. The van der Waals surface area contributed by atoms with Gasteiger partial charge in [0.2, 0.25) is 5.95 Å². The van der Waals surface area contributed by atoms with E-state index in [0.717, 1.165) is 30.9 Å². The lowest BCUT2D eigenvalue weighted by molar-refractivity contribution is -0.140. The lowest BCUT2D eigenvalue weighted by Gasteiger charge is -2.31. The number of carbonyl (C=O) groups excluding carboxylic acids is 2. The SMILES string of the molecule is CCOc1cc(C(=O)OC)c(F)cc1Nc1ncc2c(n1)N(C1CCCC1)CC(F)(F)C(=O)N2C. The average Bonchev–Trinajstić information content (AvgIpc) is 3.35. The number of hydrogen-bond acceptors (Lipinski definition) is 8. The van der Waals surface area contributed by atoms with E-state index in [2.05, 4.69) is 20.0 Å². The maximum absolute atomic E-state index is 14.7. The second-order valence-corrected chi connectivity index (χ2v) is 8.42. The highest BCUT2D eigenvalue weighted by atomic mass is 19.3. The zero-order chi connectivity index (χ0) is 25.3. The number of esters is 1. The molecule has 1 aromatic heterocycles. The Balaban J connectivity index is 1.75. The predicted molar refractivity (Wildman–Crippen MR) is 122 cm³/mol. The molecule has 0 spiro atoms. The van der Waals surface area contributed by atoms with E-state index in [1.165, 1.54) is 24.2 Å². The first-order valence-corrected chi connectivity index (χ1v) is 11.3. The molecule has 0 saturated heterocycles. The molecule has 2 heterocycles. The van der Waals surface area contributed by atoms with E-state index < -0.39 is 30.2 Å². The Morgan fingerprint density at radius 2 is 2.00 bits per heavy atom. The molecule has 0 radical (unpaired) electrons. The van der Waals surface area contributed by atoms with Gasteiger partial charge in [0.25, 0.3) is 5.91 Å². The fraction of sp³-hybridized carbons (Fsp3) is 0.478. The first-order chi connectivity index (χ1) is 16.7. The van der Waals surface area contributed by atoms with Crippen LogP contribution in [-0.2, 0) is 9.53 Å². The summed E-state index contributed by atoms with van der Waals surface area (Å²) in [5.74, 6) is -6.31. The number of anilines is 4. The predicted octanol–water partition coefficient (Wildman–Crippen LogP) is 3.91. The summed E-state index contributed by atoms with van der Waals surface area (Å²) in [6, 6.07) is 2.05. The molecule has 1 aliphatic carbocycles. The summed E-state index contributed by atoms with van der Waals surface area (Å²) >= 11 is 0. The van der Waals surface area contributed by atoms with Gasteiger partial charge in [0.05, 0.1) is 37.7 Å². The van der Waals surface area contributed by atoms with E-state index in [1.807, 2.05) is 0 Å². The van der Waals surface area contributed by atoms with Crippen molar-refractivity contribution >= 4 is 35.0 Å². The number of carbonyl (C=O) groups is 2. The molecule has 0 bridgehead atoms. The van der Waals surface area contributed by atoms with Crippen molar-refractivity contribution in [3.05, 3.63) is 29.7 Å². The average molecular weight is 493 g/mol. The Labute approximate surface area is 200 Å². The van der Waals surface area contributed by atoms with Gasteiger partial charge in [-0.1, -0.05) is 12.8 Å². The number of nitrogens with zero attached hydrogens (tertiary/aromatic N) is 4. The van der Waals surface area contributed by atoms with Gasteiger partial charge in [-0.2, -0.15) is 13.8 Å². The topological polar surface area (TPSA) is 96.9 Å². The van der Waals surface area contributed by atoms with Crippen molar-refractivity contribution in [1.29, 1.82) is 0 Å². The number of benzene rings is 1. The van der Waals surface area contributed by atoms with Gasteiger partial charge in [0.15, 0.2) is 5.82 Å². The van der Waals surface area contributed by atoms with E-state index in [4.69, 9.17) is 4.74 Å². The van der Waals surface area contributed by atoms with E-state index in [9.17, 15) is 22.8 Å². The van der Waals surface area contributed by atoms with E-state index >= 15 is 0 Å². The molecule has 1 fully saturated rings. The van der Waals surface area contributed by atoms with Crippen molar-refractivity contribution in [1.82, 2.24) is 9.97 Å². The van der Waals surface area contributed by atoms with Gasteiger partial charge in [-0.05, 0) is 25.8 Å². The first kappa shape index (κ1) is 24.6. The highest BCUT2D eigenvalue weighted by Crippen LogP contribution is 2.40. The van der Waals surface area contributed by atoms with Crippen molar-refractivity contribution in [3.63, 3.8) is 0 Å². The van der Waals surface area contributed by atoms with Crippen LogP contribution in [0.2, 0.25) is 0 Å². The van der Waals surface area contributed by atoms with Crippen molar-refractivity contribution in [2.24, 2.45) is 0 Å². The summed E-state index contributed by atoms with van der Waals surface area (Å²) in [6.07, 6.45) is 4.48. The second-order valence-electron chi connectivity index (χ2n) is 8.42. The number of rotatable bonds is 6. The number of amides is 1. The summed E-state index contributed by atoms with van der Waals surface area (Å²) in [5.41, 5.74) is -0.0197. The summed E-state index contributed by atoms with van der Waals surface area (Å²) in [7, 11) is 2.40. The Kier molecular flexibility index (Phi) is 6.73. The molecule has 0 atom stereocenters. The van der Waals surface area contributed by atoms with Gasteiger partial charge in [-0.25, -0.2) is 14.2 Å². The highest BCUT2D eigenvalue weighted by Gasteiger charge is 2.48. The molecule has 1 aromatic carbocycles. The van der Waals surface area contributed by atoms with Crippen LogP contribution in [-0.4, -0.2) is 61.1 Å². The first-order valence-electron chi connectivity index (χ1n) is 11.3. The van der Waals surface area contributed by atoms with Crippen molar-refractivity contribution in [2.45, 2.75) is 44.6 Å². The van der Waals surface area contributed by atoms with Crippen molar-refractivity contribution < 1.29 is 32.2 Å². The van der Waals surface area contributed by atoms with Crippen LogP contribution < -0.4 is 19.9 Å². The lowest BCUT2D eigenvalue weighted by Crippen LogP contribution is -2.48. The number of methoxy groups -OCH3 is 1. The van der Waals surface area contributed by atoms with E-state index in [1.54, 1.807) is 6.92 Å². The van der Waals surface area contributed by atoms with Gasteiger partial charge in [-0.3, -0.25) is 4.79 Å². The van der Waals surface area contributed by atoms with Crippen LogP contribution in [0.25, 0.3) is 0 Å². The van der Waals surface area contributed by atoms with E-state index in [0.29, 0.717) is 12.8 Å². The van der Waals surface area contributed by atoms with Crippen molar-refractivity contribution in [3.8, 4) is 5.75 Å². The Hall–Kier alpha value is -3.57. The number of alkyl halides is 2. The third-order valence-electron chi connectivity index (χ3n) is 6.16. The Bertz CT molecular complexity index is 1140. The fourth-order valence-electron chi connectivity index (χ4n) is 4.42. The molecule has 1 aliphatic heterocycles. The number of aromatic nitrogens is 2. The number of fused-ring (bicyclic) bond motifs is 1. The molecular formula is C23H26F3N5O4. The zero-order valence-corrected chi connectivity index (χ0v) is 19.6. The van der Waals surface area contributed by atoms with Crippen LogP contribution in [0.3, 0.4) is 0 Å². The molecule has 4 rings (SSSR count). The molecule has 35 heavy (non-hydrogen) atoms. The minimum atomic E-state index is -3.60. The number of halogens is 3. The van der Waals surface area contributed by atoms with E-state index in [-0.39, 0.29) is 47.1 Å². The van der Waals surface area contributed by atoms with Gasteiger partial charge >= 0.3 is 11.9 Å². The second kappa shape index (κ2) is 9.59. The molecular weight excluding hydrogens is 467 g/mol. The molecule has 1 N–H and O–H groups in total. The van der Waals surface area contributed by atoms with Gasteiger partial charge in [0, 0.05) is 19.2 Å². The van der Waals surface area contributed by atoms with Crippen LogP contribution in [0.4, 0.5) is 36.3 Å². The monoisotopic (exact) mass is 493 g/mol. The molecule has 188 valence electrons. The summed E-state index contributed by atoms with van der Waals surface area (Å²) in [5, 5.41) is 2.85. The number of ether oxygens (including phenoxy) is 2. The zero-order valence-electron chi connectivity index (χ0n) is 19.6. The molecule has 1 saturated carbocycles. The summed E-state index contributed by atoms with van der Waals surface area (Å²) in [4.78, 5) is 35.2. The van der Waals surface area contributed by atoms with Gasteiger partial charge in [0.1, 0.15) is 17.3 Å². The Morgan fingerprint density at radius 3 is 2.66 bits per heavy atom. The molecule has 2 aromatic rings. The summed E-state index contributed by atoms with van der Waals surface area (Å²) in [6.45, 7) is 1.15. The van der Waals surface area contributed by atoms with Crippen molar-refractivity contribution in [2.75, 3.05) is 42.4 Å². The molecule has 1 amide bonds. The lowest BCUT2D eigenvalue weighted by atomic mass is 10.1. The number of nitrogens with one attached hydrogen (secondary N) is 1. The maximum Gasteiger partial charge on any atom is 0.342 e. The maximum atomic E-state index is 14.7.